The molecule has 1 aromatic heterocycles. The van der Waals surface area contributed by atoms with Crippen LogP contribution in [-0.2, 0) is 0 Å². The van der Waals surface area contributed by atoms with Gasteiger partial charge in [-0.1, -0.05) is 19.9 Å². The zero-order valence-electron chi connectivity index (χ0n) is 7.68. The molecule has 0 unspecified atom stereocenters. The number of nitrogen functional groups attached to an aromatic ring is 1. The molecule has 0 saturated carbocycles. The maximum absolute atomic E-state index is 5.42. The first-order valence-corrected chi connectivity index (χ1v) is 3.90. The second-order valence-corrected chi connectivity index (χ2v) is 2.14. The number of aromatic nitrogens is 1. The van der Waals surface area contributed by atoms with Gasteiger partial charge in [-0.05, 0) is 25.5 Å². The summed E-state index contributed by atoms with van der Waals surface area (Å²) in [6.07, 6.45) is 0. The van der Waals surface area contributed by atoms with Crippen LogP contribution in [0.4, 0.5) is 5.82 Å². The number of hydrogen-bond acceptors (Lipinski definition) is 2. The highest BCUT2D eigenvalue weighted by molar-refractivity contribution is 5.32. The van der Waals surface area contributed by atoms with Crippen LogP contribution < -0.4 is 5.73 Å². The Morgan fingerprint density at radius 2 is 1.73 bits per heavy atom. The Hall–Kier alpha value is -1.05. The van der Waals surface area contributed by atoms with E-state index in [0.29, 0.717) is 5.82 Å². The van der Waals surface area contributed by atoms with Crippen LogP contribution in [0.5, 0.6) is 0 Å². The van der Waals surface area contributed by atoms with Crippen molar-refractivity contribution in [1.82, 2.24) is 4.98 Å². The quantitative estimate of drug-likeness (QED) is 0.619. The van der Waals surface area contributed by atoms with Crippen LogP contribution in [0.2, 0.25) is 0 Å². The van der Waals surface area contributed by atoms with E-state index in [0.717, 1.165) is 5.69 Å². The smallest absolute Gasteiger partial charge is 0.123 e. The molecule has 0 radical (unpaired) electrons. The van der Waals surface area contributed by atoms with Gasteiger partial charge in [0.05, 0.1) is 0 Å². The molecule has 0 aliphatic rings. The molecule has 0 bridgehead atoms. The third-order valence-electron chi connectivity index (χ3n) is 1.37. The Bertz CT molecular complexity index is 219. The van der Waals surface area contributed by atoms with Gasteiger partial charge in [-0.3, -0.25) is 0 Å². The van der Waals surface area contributed by atoms with E-state index in [9.17, 15) is 0 Å². The maximum atomic E-state index is 5.42. The standard InChI is InChI=1S/C7H10N2.C2H6/c1-5-3-4-7(8)9-6(5)2;1-2/h3-4H,1-2H3,(H2,8,9);1-2H3. The predicted molar refractivity (Wildman–Crippen MR) is 49.5 cm³/mol. The van der Waals surface area contributed by atoms with Gasteiger partial charge in [-0.25, -0.2) is 4.98 Å². The zero-order valence-corrected chi connectivity index (χ0v) is 7.68. The van der Waals surface area contributed by atoms with E-state index in [1.54, 1.807) is 0 Å². The van der Waals surface area contributed by atoms with Crippen molar-refractivity contribution in [1.29, 1.82) is 0 Å². The lowest BCUT2D eigenvalue weighted by atomic mass is 10.2. The fourth-order valence-electron chi connectivity index (χ4n) is 0.650. The maximum Gasteiger partial charge on any atom is 0.123 e. The highest BCUT2D eigenvalue weighted by atomic mass is 14.8. The summed E-state index contributed by atoms with van der Waals surface area (Å²) < 4.78 is 0. The molecule has 1 rings (SSSR count). The molecule has 0 atom stereocenters. The molecule has 62 valence electrons. The van der Waals surface area contributed by atoms with Gasteiger partial charge in [0.2, 0.25) is 0 Å². The summed E-state index contributed by atoms with van der Waals surface area (Å²) in [5.74, 6) is 0.595. The van der Waals surface area contributed by atoms with Gasteiger partial charge in [0, 0.05) is 5.69 Å². The Morgan fingerprint density at radius 3 is 2.09 bits per heavy atom. The van der Waals surface area contributed by atoms with Crippen LogP contribution in [0.1, 0.15) is 25.1 Å². The minimum Gasteiger partial charge on any atom is -0.384 e. The number of rotatable bonds is 0. The number of nitrogens with two attached hydrogens (primary N) is 1. The molecule has 1 heterocycles. The lowest BCUT2D eigenvalue weighted by molar-refractivity contribution is 1.16. The van der Waals surface area contributed by atoms with Crippen molar-refractivity contribution in [3.05, 3.63) is 23.4 Å². The SMILES string of the molecule is CC.Cc1ccc(N)nc1C. The first kappa shape index (κ1) is 9.95. The van der Waals surface area contributed by atoms with Crippen molar-refractivity contribution in [2.75, 3.05) is 5.73 Å². The van der Waals surface area contributed by atoms with Crippen molar-refractivity contribution in [2.45, 2.75) is 27.7 Å². The summed E-state index contributed by atoms with van der Waals surface area (Å²) in [4.78, 5) is 4.05. The molecule has 0 amide bonds. The molecule has 0 saturated heterocycles. The summed E-state index contributed by atoms with van der Waals surface area (Å²) >= 11 is 0. The van der Waals surface area contributed by atoms with Crippen molar-refractivity contribution in [3.8, 4) is 0 Å². The minimum absolute atomic E-state index is 0.595. The number of aryl methyl sites for hydroxylation is 2. The third-order valence-corrected chi connectivity index (χ3v) is 1.37. The molecule has 2 nitrogen and oxygen atoms in total. The number of hydrogen-bond donors (Lipinski definition) is 1. The monoisotopic (exact) mass is 152 g/mol. The van der Waals surface area contributed by atoms with Gasteiger partial charge in [0.1, 0.15) is 5.82 Å². The summed E-state index contributed by atoms with van der Waals surface area (Å²) in [5.41, 5.74) is 7.61. The molecule has 0 fully saturated rings. The Balaban J connectivity index is 0.000000461. The first-order chi connectivity index (χ1) is 5.20. The van der Waals surface area contributed by atoms with Crippen LogP contribution in [0.3, 0.4) is 0 Å². The molecular formula is C9H16N2. The summed E-state index contributed by atoms with van der Waals surface area (Å²) in [5, 5.41) is 0. The molecular weight excluding hydrogens is 136 g/mol. The van der Waals surface area contributed by atoms with E-state index in [1.807, 2.05) is 39.8 Å². The van der Waals surface area contributed by atoms with Gasteiger partial charge < -0.3 is 5.73 Å². The van der Waals surface area contributed by atoms with Crippen molar-refractivity contribution in [3.63, 3.8) is 0 Å². The highest BCUT2D eigenvalue weighted by Crippen LogP contribution is 2.04. The highest BCUT2D eigenvalue weighted by Gasteiger charge is 1.91. The average molecular weight is 152 g/mol. The Kier molecular flexibility index (Phi) is 4.27. The summed E-state index contributed by atoms with van der Waals surface area (Å²) in [6, 6.07) is 3.78. The number of anilines is 1. The Labute approximate surface area is 68.5 Å². The van der Waals surface area contributed by atoms with E-state index in [-0.39, 0.29) is 0 Å². The van der Waals surface area contributed by atoms with Crippen LogP contribution in [0.25, 0.3) is 0 Å². The normalized spacial score (nSPS) is 8.36. The fourth-order valence-corrected chi connectivity index (χ4v) is 0.650. The van der Waals surface area contributed by atoms with Crippen LogP contribution >= 0.6 is 0 Å². The van der Waals surface area contributed by atoms with Crippen LogP contribution in [0, 0.1) is 13.8 Å². The topological polar surface area (TPSA) is 38.9 Å². The van der Waals surface area contributed by atoms with Gasteiger partial charge in [-0.15, -0.1) is 0 Å². The first-order valence-electron chi connectivity index (χ1n) is 3.90. The van der Waals surface area contributed by atoms with Crippen molar-refractivity contribution in [2.24, 2.45) is 0 Å². The van der Waals surface area contributed by atoms with Gasteiger partial charge in [0.15, 0.2) is 0 Å². The van der Waals surface area contributed by atoms with E-state index >= 15 is 0 Å². The van der Waals surface area contributed by atoms with Crippen molar-refractivity contribution < 1.29 is 0 Å². The van der Waals surface area contributed by atoms with Crippen molar-refractivity contribution >= 4 is 5.82 Å². The lowest BCUT2D eigenvalue weighted by Gasteiger charge is -1.97. The molecule has 0 aliphatic heterocycles. The average Bonchev–Trinajstić information content (AvgIpc) is 2.02. The summed E-state index contributed by atoms with van der Waals surface area (Å²) in [7, 11) is 0. The number of nitrogens with zero attached hydrogens (tertiary/aromatic N) is 1. The van der Waals surface area contributed by atoms with E-state index in [2.05, 4.69) is 4.98 Å². The predicted octanol–water partition coefficient (Wildman–Crippen LogP) is 2.31. The second-order valence-electron chi connectivity index (χ2n) is 2.14. The Morgan fingerprint density at radius 1 is 1.18 bits per heavy atom. The molecule has 11 heavy (non-hydrogen) atoms. The number of pyridine rings is 1. The minimum atomic E-state index is 0.595. The van der Waals surface area contributed by atoms with E-state index in [1.165, 1.54) is 5.56 Å². The van der Waals surface area contributed by atoms with E-state index < -0.39 is 0 Å². The summed E-state index contributed by atoms with van der Waals surface area (Å²) in [6.45, 7) is 7.97. The largest absolute Gasteiger partial charge is 0.384 e. The molecule has 0 aliphatic carbocycles. The van der Waals surface area contributed by atoms with Gasteiger partial charge in [0.25, 0.3) is 0 Å². The molecule has 0 spiro atoms. The zero-order chi connectivity index (χ0) is 8.85. The third kappa shape index (κ3) is 3.03. The second kappa shape index (κ2) is 4.72. The van der Waals surface area contributed by atoms with E-state index in [4.69, 9.17) is 5.73 Å². The molecule has 1 aromatic rings. The van der Waals surface area contributed by atoms with Crippen LogP contribution in [0.15, 0.2) is 12.1 Å². The van der Waals surface area contributed by atoms with Gasteiger partial charge in [-0.2, -0.15) is 0 Å². The van der Waals surface area contributed by atoms with Crippen LogP contribution in [-0.4, -0.2) is 4.98 Å². The lowest BCUT2D eigenvalue weighted by Crippen LogP contribution is -1.92. The fraction of sp³-hybridized carbons (Fsp3) is 0.444. The molecule has 2 heteroatoms. The molecule has 2 N–H and O–H groups in total. The van der Waals surface area contributed by atoms with Gasteiger partial charge >= 0.3 is 0 Å². The molecule has 0 aromatic carbocycles.